The van der Waals surface area contributed by atoms with Crippen LogP contribution in [0.4, 0.5) is 5.95 Å². The van der Waals surface area contributed by atoms with Gasteiger partial charge in [-0.1, -0.05) is 48.5 Å². The molecule has 2 atom stereocenters. The van der Waals surface area contributed by atoms with Gasteiger partial charge in [-0.15, -0.1) is 11.3 Å². The zero-order chi connectivity index (χ0) is 19.4. The molecule has 4 aromatic rings. The number of rotatable bonds is 2. The lowest BCUT2D eigenvalue weighted by atomic mass is 9.80. The minimum absolute atomic E-state index is 0.147. The van der Waals surface area contributed by atoms with E-state index in [1.165, 1.54) is 4.88 Å². The molecule has 0 unspecified atom stereocenters. The second-order valence-electron chi connectivity index (χ2n) is 7.67. The van der Waals surface area contributed by atoms with Crippen LogP contribution in [0.15, 0.2) is 83.4 Å². The van der Waals surface area contributed by atoms with E-state index in [4.69, 9.17) is 4.98 Å². The Morgan fingerprint density at radius 1 is 0.966 bits per heavy atom. The highest BCUT2D eigenvalue weighted by atomic mass is 32.1. The van der Waals surface area contributed by atoms with E-state index in [1.54, 1.807) is 11.3 Å². The number of anilines is 1. The summed E-state index contributed by atoms with van der Waals surface area (Å²) in [5.41, 5.74) is 5.02. The molecule has 3 heterocycles. The van der Waals surface area contributed by atoms with Gasteiger partial charge in [-0.3, -0.25) is 9.36 Å². The number of ketones is 1. The van der Waals surface area contributed by atoms with E-state index >= 15 is 0 Å². The molecular weight excluding hydrogens is 378 g/mol. The molecule has 2 aromatic carbocycles. The van der Waals surface area contributed by atoms with Crippen molar-refractivity contribution in [3.8, 4) is 0 Å². The minimum atomic E-state index is -0.147. The van der Waals surface area contributed by atoms with Gasteiger partial charge in [0.1, 0.15) is 0 Å². The van der Waals surface area contributed by atoms with Crippen LogP contribution >= 0.6 is 11.3 Å². The average molecular weight is 398 g/mol. The first-order chi connectivity index (χ1) is 14.3. The summed E-state index contributed by atoms with van der Waals surface area (Å²) in [6.07, 6.45) is 1.40. The molecule has 2 aliphatic rings. The number of hydrogen-bond donors (Lipinski definition) is 1. The SMILES string of the molecule is O=C1C[C@H](c2cccs2)CC2=C1[C@@H](c1ccccc1)n1c(nc3ccccc31)N2. The Labute approximate surface area is 172 Å². The maximum absolute atomic E-state index is 13.5. The Balaban J connectivity index is 1.56. The number of para-hydroxylation sites is 2. The van der Waals surface area contributed by atoms with Crippen LogP contribution in [0.1, 0.15) is 35.2 Å². The average Bonchev–Trinajstić information content (AvgIpc) is 3.40. The largest absolute Gasteiger partial charge is 0.329 e. The van der Waals surface area contributed by atoms with Crippen LogP contribution in [-0.2, 0) is 4.79 Å². The van der Waals surface area contributed by atoms with Gasteiger partial charge in [0.25, 0.3) is 0 Å². The maximum Gasteiger partial charge on any atom is 0.209 e. The highest BCUT2D eigenvalue weighted by molar-refractivity contribution is 7.10. The van der Waals surface area contributed by atoms with Gasteiger partial charge in [-0.2, -0.15) is 0 Å². The number of imidazole rings is 1. The third kappa shape index (κ3) is 2.58. The van der Waals surface area contributed by atoms with E-state index in [9.17, 15) is 4.79 Å². The van der Waals surface area contributed by atoms with Gasteiger partial charge in [0.15, 0.2) is 5.78 Å². The quantitative estimate of drug-likeness (QED) is 0.485. The van der Waals surface area contributed by atoms with Crippen LogP contribution in [0, 0.1) is 0 Å². The number of hydrogen-bond acceptors (Lipinski definition) is 4. The lowest BCUT2D eigenvalue weighted by Crippen LogP contribution is -2.32. The Hall–Kier alpha value is -3.18. The summed E-state index contributed by atoms with van der Waals surface area (Å²) >= 11 is 1.73. The lowest BCUT2D eigenvalue weighted by Gasteiger charge is -2.36. The fourth-order valence-corrected chi connectivity index (χ4v) is 5.53. The van der Waals surface area contributed by atoms with Crippen molar-refractivity contribution in [1.29, 1.82) is 0 Å². The number of thiophene rings is 1. The molecule has 0 radical (unpaired) electrons. The smallest absolute Gasteiger partial charge is 0.209 e. The normalized spacial score (nSPS) is 21.0. The monoisotopic (exact) mass is 397 g/mol. The molecule has 0 spiro atoms. The molecule has 0 bridgehead atoms. The van der Waals surface area contributed by atoms with E-state index in [0.29, 0.717) is 6.42 Å². The van der Waals surface area contributed by atoms with Crippen LogP contribution < -0.4 is 5.32 Å². The summed E-state index contributed by atoms with van der Waals surface area (Å²) < 4.78 is 2.19. The fourth-order valence-electron chi connectivity index (χ4n) is 4.70. The summed E-state index contributed by atoms with van der Waals surface area (Å²) in [6.45, 7) is 0. The Morgan fingerprint density at radius 3 is 2.62 bits per heavy atom. The molecule has 2 aromatic heterocycles. The van der Waals surface area contributed by atoms with E-state index in [0.717, 1.165) is 40.2 Å². The molecule has 0 saturated heterocycles. The second-order valence-corrected chi connectivity index (χ2v) is 8.65. The zero-order valence-electron chi connectivity index (χ0n) is 15.7. The third-order valence-corrected chi connectivity index (χ3v) is 6.99. The second kappa shape index (κ2) is 6.42. The first-order valence-corrected chi connectivity index (χ1v) is 10.8. The van der Waals surface area contributed by atoms with Crippen molar-refractivity contribution in [3.05, 3.63) is 93.8 Å². The van der Waals surface area contributed by atoms with Gasteiger partial charge >= 0.3 is 0 Å². The molecule has 1 aliphatic carbocycles. The van der Waals surface area contributed by atoms with E-state index in [2.05, 4.69) is 45.6 Å². The van der Waals surface area contributed by atoms with E-state index in [-0.39, 0.29) is 17.7 Å². The Bertz CT molecular complexity index is 1250. The molecule has 4 nitrogen and oxygen atoms in total. The number of allylic oxidation sites excluding steroid dienone is 2. The van der Waals surface area contributed by atoms with Crippen molar-refractivity contribution < 1.29 is 4.79 Å². The maximum atomic E-state index is 13.5. The summed E-state index contributed by atoms with van der Waals surface area (Å²) in [5, 5.41) is 5.61. The van der Waals surface area contributed by atoms with Gasteiger partial charge in [0.2, 0.25) is 5.95 Å². The molecule has 29 heavy (non-hydrogen) atoms. The van der Waals surface area contributed by atoms with Crippen molar-refractivity contribution in [1.82, 2.24) is 9.55 Å². The summed E-state index contributed by atoms with van der Waals surface area (Å²) in [6, 6.07) is 22.5. The number of nitrogens with zero attached hydrogens (tertiary/aromatic N) is 2. The number of benzene rings is 2. The van der Waals surface area contributed by atoms with Crippen LogP contribution in [-0.4, -0.2) is 15.3 Å². The van der Waals surface area contributed by atoms with Gasteiger partial charge < -0.3 is 5.32 Å². The predicted molar refractivity (Wildman–Crippen MR) is 116 cm³/mol. The van der Waals surface area contributed by atoms with Crippen molar-refractivity contribution >= 4 is 34.1 Å². The Morgan fingerprint density at radius 2 is 1.79 bits per heavy atom. The molecule has 0 amide bonds. The highest BCUT2D eigenvalue weighted by Crippen LogP contribution is 2.46. The molecular formula is C24H19N3OS. The number of Topliss-reactive ketones (excluding diaryl/α,β-unsaturated/α-hetero) is 1. The predicted octanol–water partition coefficient (Wildman–Crippen LogP) is 5.51. The number of aromatic nitrogens is 2. The van der Waals surface area contributed by atoms with Crippen LogP contribution in [0.5, 0.6) is 0 Å². The van der Waals surface area contributed by atoms with Gasteiger partial charge in [-0.05, 0) is 35.6 Å². The van der Waals surface area contributed by atoms with Crippen LogP contribution in [0.2, 0.25) is 0 Å². The highest BCUT2D eigenvalue weighted by Gasteiger charge is 2.39. The number of carbonyl (C=O) groups excluding carboxylic acids is 1. The van der Waals surface area contributed by atoms with Crippen molar-refractivity contribution in [3.63, 3.8) is 0 Å². The first kappa shape index (κ1) is 16.7. The molecule has 1 N–H and O–H groups in total. The van der Waals surface area contributed by atoms with E-state index in [1.807, 2.05) is 36.4 Å². The standard InChI is InChI=1S/C24H19N3OS/c28-20-14-16(21-11-6-12-29-21)13-18-22(20)23(15-7-2-1-3-8-15)27-19-10-5-4-9-17(19)25-24(27)26-18/h1-12,16,23H,13-14H2,(H,25,26)/t16-,23-/m1/s1. The van der Waals surface area contributed by atoms with Gasteiger partial charge in [0.05, 0.1) is 17.1 Å². The first-order valence-electron chi connectivity index (χ1n) is 9.88. The summed E-state index contributed by atoms with van der Waals surface area (Å²) in [4.78, 5) is 19.6. The number of carbonyl (C=O) groups is 1. The molecule has 6 rings (SSSR count). The number of fused-ring (bicyclic) bond motifs is 3. The van der Waals surface area contributed by atoms with Crippen LogP contribution in [0.3, 0.4) is 0 Å². The minimum Gasteiger partial charge on any atom is -0.329 e. The molecule has 1 aliphatic heterocycles. The summed E-state index contributed by atoms with van der Waals surface area (Å²) in [5.74, 6) is 1.29. The van der Waals surface area contributed by atoms with Crippen molar-refractivity contribution in [2.75, 3.05) is 5.32 Å². The lowest BCUT2D eigenvalue weighted by molar-refractivity contribution is -0.116. The molecule has 0 fully saturated rings. The molecule has 142 valence electrons. The van der Waals surface area contributed by atoms with Crippen LogP contribution in [0.25, 0.3) is 11.0 Å². The Kier molecular flexibility index (Phi) is 3.71. The van der Waals surface area contributed by atoms with Crippen molar-refractivity contribution in [2.45, 2.75) is 24.8 Å². The molecule has 5 heteroatoms. The van der Waals surface area contributed by atoms with Crippen molar-refractivity contribution in [2.24, 2.45) is 0 Å². The van der Waals surface area contributed by atoms with E-state index < -0.39 is 0 Å². The fraction of sp³-hybridized carbons (Fsp3) is 0.167. The zero-order valence-corrected chi connectivity index (χ0v) is 16.5. The number of nitrogens with one attached hydrogen (secondary N) is 1. The molecule has 0 saturated carbocycles. The topological polar surface area (TPSA) is 46.9 Å². The van der Waals surface area contributed by atoms with Gasteiger partial charge in [-0.25, -0.2) is 4.98 Å². The summed E-state index contributed by atoms with van der Waals surface area (Å²) in [7, 11) is 0. The third-order valence-electron chi connectivity index (χ3n) is 5.96. The van der Waals surface area contributed by atoms with Gasteiger partial charge in [0, 0.05) is 28.5 Å².